The first-order valence-electron chi connectivity index (χ1n) is 14.2. The maximum atomic E-state index is 12.0. The molecule has 1 saturated heterocycles. The minimum atomic E-state index is -1.21. The second-order valence-corrected chi connectivity index (χ2v) is 11.0. The van der Waals surface area contributed by atoms with Gasteiger partial charge in [0.2, 0.25) is 5.91 Å². The number of likely N-dealkylation sites (tertiary alicyclic amines) is 1. The monoisotopic (exact) mass is 595 g/mol. The number of carbonyl (C=O) groups is 1. The molecule has 44 heavy (non-hydrogen) atoms. The van der Waals surface area contributed by atoms with Crippen molar-refractivity contribution in [3.8, 4) is 23.0 Å². The SMILES string of the molecule is C=CC(=O)N1CCC(Oc2cc3c(Nc4ccc(Oc5ccn6ncnc6c5)cc4C(C)(C)O)ncnc3cc2OC)CC1. The number of hydrogen-bond acceptors (Lipinski definition) is 10. The molecule has 12 heteroatoms. The van der Waals surface area contributed by atoms with Crippen molar-refractivity contribution >= 4 is 34.0 Å². The van der Waals surface area contributed by atoms with E-state index < -0.39 is 5.60 Å². The Balaban J connectivity index is 1.28. The molecular formula is C32H33N7O5. The summed E-state index contributed by atoms with van der Waals surface area (Å²) >= 11 is 0. The van der Waals surface area contributed by atoms with E-state index in [0.29, 0.717) is 82.5 Å². The molecule has 1 fully saturated rings. The Bertz CT molecular complexity index is 1840. The maximum Gasteiger partial charge on any atom is 0.245 e. The van der Waals surface area contributed by atoms with Crippen LogP contribution in [0.4, 0.5) is 11.5 Å². The van der Waals surface area contributed by atoms with Crippen LogP contribution in [0, 0.1) is 0 Å². The van der Waals surface area contributed by atoms with Crippen LogP contribution in [-0.4, -0.2) is 66.8 Å². The normalized spacial score (nSPS) is 14.0. The summed E-state index contributed by atoms with van der Waals surface area (Å²) < 4.78 is 19.8. The Morgan fingerprint density at radius 1 is 1.05 bits per heavy atom. The Morgan fingerprint density at radius 2 is 1.84 bits per heavy atom. The Kier molecular flexibility index (Phi) is 7.75. The van der Waals surface area contributed by atoms with Crippen LogP contribution in [0.25, 0.3) is 16.6 Å². The summed E-state index contributed by atoms with van der Waals surface area (Å²) in [6, 6.07) is 12.7. The number of piperidine rings is 1. The largest absolute Gasteiger partial charge is 0.493 e. The second kappa shape index (κ2) is 11.8. The first-order valence-corrected chi connectivity index (χ1v) is 14.2. The number of nitrogens with one attached hydrogen (secondary N) is 1. The minimum Gasteiger partial charge on any atom is -0.493 e. The van der Waals surface area contributed by atoms with E-state index in [4.69, 9.17) is 14.2 Å². The zero-order chi connectivity index (χ0) is 30.8. The highest BCUT2D eigenvalue weighted by Crippen LogP contribution is 2.39. The van der Waals surface area contributed by atoms with Gasteiger partial charge in [0.1, 0.15) is 36.1 Å². The molecule has 2 aromatic carbocycles. The third-order valence-electron chi connectivity index (χ3n) is 7.53. The lowest BCUT2D eigenvalue weighted by atomic mass is 9.96. The van der Waals surface area contributed by atoms with Gasteiger partial charge < -0.3 is 29.5 Å². The van der Waals surface area contributed by atoms with E-state index >= 15 is 0 Å². The van der Waals surface area contributed by atoms with Crippen LogP contribution in [0.2, 0.25) is 0 Å². The van der Waals surface area contributed by atoms with Gasteiger partial charge in [-0.05, 0) is 50.3 Å². The van der Waals surface area contributed by atoms with Gasteiger partial charge in [-0.25, -0.2) is 19.5 Å². The van der Waals surface area contributed by atoms with Gasteiger partial charge in [0.05, 0.1) is 18.2 Å². The predicted molar refractivity (Wildman–Crippen MR) is 165 cm³/mol. The van der Waals surface area contributed by atoms with Crippen molar-refractivity contribution in [2.45, 2.75) is 38.4 Å². The molecule has 12 nitrogen and oxygen atoms in total. The third kappa shape index (κ3) is 5.97. The van der Waals surface area contributed by atoms with Gasteiger partial charge in [-0.3, -0.25) is 4.79 Å². The summed E-state index contributed by atoms with van der Waals surface area (Å²) in [6.45, 7) is 8.19. The van der Waals surface area contributed by atoms with E-state index in [-0.39, 0.29) is 12.0 Å². The molecule has 0 unspecified atom stereocenters. The number of rotatable bonds is 9. The van der Waals surface area contributed by atoms with Crippen molar-refractivity contribution in [1.82, 2.24) is 29.5 Å². The van der Waals surface area contributed by atoms with E-state index in [1.54, 1.807) is 54.8 Å². The number of anilines is 2. The lowest BCUT2D eigenvalue weighted by molar-refractivity contribution is -0.127. The summed E-state index contributed by atoms with van der Waals surface area (Å²) in [7, 11) is 1.59. The Morgan fingerprint density at radius 3 is 2.59 bits per heavy atom. The molecule has 226 valence electrons. The van der Waals surface area contributed by atoms with E-state index in [9.17, 15) is 9.90 Å². The van der Waals surface area contributed by atoms with E-state index in [1.165, 1.54) is 18.7 Å². The number of aromatic nitrogens is 5. The molecule has 1 aliphatic rings. The van der Waals surface area contributed by atoms with Crippen LogP contribution in [0.3, 0.4) is 0 Å². The average molecular weight is 596 g/mol. The lowest BCUT2D eigenvalue weighted by Crippen LogP contribution is -2.41. The zero-order valence-electron chi connectivity index (χ0n) is 24.7. The molecule has 4 heterocycles. The van der Waals surface area contributed by atoms with Gasteiger partial charge in [0, 0.05) is 60.9 Å². The highest BCUT2D eigenvalue weighted by molar-refractivity contribution is 5.93. The molecule has 0 bridgehead atoms. The summed E-state index contributed by atoms with van der Waals surface area (Å²) in [6.07, 6.45) is 7.34. The average Bonchev–Trinajstić information content (AvgIpc) is 3.49. The van der Waals surface area contributed by atoms with Gasteiger partial charge >= 0.3 is 0 Å². The van der Waals surface area contributed by atoms with Gasteiger partial charge in [0.25, 0.3) is 0 Å². The van der Waals surface area contributed by atoms with Crippen molar-refractivity contribution < 1.29 is 24.1 Å². The summed E-state index contributed by atoms with van der Waals surface area (Å²) in [4.78, 5) is 26.9. The van der Waals surface area contributed by atoms with Crippen molar-refractivity contribution in [3.63, 3.8) is 0 Å². The number of amides is 1. The number of benzene rings is 2. The number of methoxy groups -OCH3 is 1. The molecule has 0 saturated carbocycles. The molecule has 5 aromatic rings. The smallest absolute Gasteiger partial charge is 0.245 e. The summed E-state index contributed by atoms with van der Waals surface area (Å²) in [5, 5.41) is 19.3. The fraction of sp³-hybridized carbons (Fsp3) is 0.281. The topological polar surface area (TPSA) is 136 Å². The van der Waals surface area contributed by atoms with Gasteiger partial charge in [-0.2, -0.15) is 5.10 Å². The number of carbonyl (C=O) groups excluding carboxylic acids is 1. The standard InChI is InChI=1S/C32H33N7O5/c1-5-30(40)38-11-8-20(9-12-38)44-28-16-23-26(17-27(28)42-4)33-18-35-31(23)37-25-7-6-21(14-24(25)32(2,3)41)43-22-10-13-39-29(15-22)34-19-36-39/h5-7,10,13-20,41H,1,8-9,11-12H2,2-4H3,(H,33,35,37). The number of fused-ring (bicyclic) bond motifs is 2. The van der Waals surface area contributed by atoms with E-state index in [1.807, 2.05) is 24.3 Å². The van der Waals surface area contributed by atoms with Crippen molar-refractivity contribution in [1.29, 1.82) is 0 Å². The lowest BCUT2D eigenvalue weighted by Gasteiger charge is -2.31. The van der Waals surface area contributed by atoms with Gasteiger partial charge in [-0.1, -0.05) is 6.58 Å². The molecule has 2 N–H and O–H groups in total. The summed E-state index contributed by atoms with van der Waals surface area (Å²) in [5.41, 5.74) is 1.37. The van der Waals surface area contributed by atoms with Gasteiger partial charge in [-0.15, -0.1) is 0 Å². The Hall–Kier alpha value is -5.23. The van der Waals surface area contributed by atoms with Crippen LogP contribution in [0.15, 0.2) is 74.0 Å². The molecule has 0 radical (unpaired) electrons. The predicted octanol–water partition coefficient (Wildman–Crippen LogP) is 5.00. The van der Waals surface area contributed by atoms with E-state index in [2.05, 4.69) is 31.9 Å². The van der Waals surface area contributed by atoms with Crippen LogP contribution >= 0.6 is 0 Å². The molecule has 1 aliphatic heterocycles. The molecular weight excluding hydrogens is 562 g/mol. The Labute approximate surface area is 253 Å². The highest BCUT2D eigenvalue weighted by Gasteiger charge is 2.25. The highest BCUT2D eigenvalue weighted by atomic mass is 16.5. The molecule has 0 spiro atoms. The zero-order valence-corrected chi connectivity index (χ0v) is 24.7. The molecule has 3 aromatic heterocycles. The fourth-order valence-corrected chi connectivity index (χ4v) is 5.24. The van der Waals surface area contributed by atoms with Crippen LogP contribution in [0.5, 0.6) is 23.0 Å². The maximum absolute atomic E-state index is 12.0. The van der Waals surface area contributed by atoms with Gasteiger partial charge in [0.15, 0.2) is 17.1 Å². The van der Waals surface area contributed by atoms with Crippen molar-refractivity contribution in [2.24, 2.45) is 0 Å². The molecule has 6 rings (SSSR count). The fourth-order valence-electron chi connectivity index (χ4n) is 5.24. The second-order valence-electron chi connectivity index (χ2n) is 11.0. The first kappa shape index (κ1) is 28.9. The van der Waals surface area contributed by atoms with E-state index in [0.717, 1.165) is 0 Å². The van der Waals surface area contributed by atoms with Crippen LogP contribution in [-0.2, 0) is 10.4 Å². The van der Waals surface area contributed by atoms with Crippen LogP contribution in [0.1, 0.15) is 32.3 Å². The number of aliphatic hydroxyl groups is 1. The van der Waals surface area contributed by atoms with Crippen molar-refractivity contribution in [3.05, 3.63) is 79.5 Å². The first-order chi connectivity index (χ1) is 21.2. The number of pyridine rings is 1. The number of nitrogens with zero attached hydrogens (tertiary/aromatic N) is 6. The minimum absolute atomic E-state index is 0.0713. The number of hydrogen-bond donors (Lipinski definition) is 2. The van der Waals surface area contributed by atoms with Crippen molar-refractivity contribution in [2.75, 3.05) is 25.5 Å². The molecule has 0 aliphatic carbocycles. The quantitative estimate of drug-likeness (QED) is 0.224. The molecule has 0 atom stereocenters. The van der Waals surface area contributed by atoms with Crippen LogP contribution < -0.4 is 19.5 Å². The summed E-state index contributed by atoms with van der Waals surface area (Å²) in [5.74, 6) is 2.71. The number of ether oxygens (including phenoxy) is 3. The molecule has 1 amide bonds. The third-order valence-corrected chi connectivity index (χ3v) is 7.53.